The molecule has 0 aromatic rings. The smallest absolute Gasteiger partial charge is 0.186 e. The number of aliphatic hydroxyl groups is 6. The van der Waals surface area contributed by atoms with E-state index in [4.69, 9.17) is 31.4 Å². The lowest BCUT2D eigenvalue weighted by Crippen LogP contribution is -2.67. The number of hydrogen-bond acceptors (Lipinski definition) is 12. The summed E-state index contributed by atoms with van der Waals surface area (Å²) in [5, 5.41) is 61.9. The summed E-state index contributed by atoms with van der Waals surface area (Å²) in [6.07, 6.45) is -10.3. The van der Waals surface area contributed by atoms with Gasteiger partial charge in [-0.1, -0.05) is 13.8 Å². The van der Waals surface area contributed by atoms with Crippen LogP contribution in [0, 0.1) is 17.8 Å². The molecule has 0 bridgehead atoms. The van der Waals surface area contributed by atoms with Crippen molar-refractivity contribution in [1.82, 2.24) is 0 Å². The molecule has 3 rings (SSSR count). The highest BCUT2D eigenvalue weighted by molar-refractivity contribution is 5.03. The van der Waals surface area contributed by atoms with Gasteiger partial charge in [0.05, 0.1) is 43.2 Å². The Kier molecular flexibility index (Phi) is 8.51. The lowest BCUT2D eigenvalue weighted by molar-refractivity contribution is -0.311. The molecule has 15 atom stereocenters. The van der Waals surface area contributed by atoms with Gasteiger partial charge in [-0.05, 0) is 12.3 Å². The Balaban J connectivity index is 1.80. The molecule has 15 unspecified atom stereocenters. The molecule has 0 radical (unpaired) electrons. The second-order valence-corrected chi connectivity index (χ2v) is 9.54. The summed E-state index contributed by atoms with van der Waals surface area (Å²) >= 11 is 0. The molecule has 0 amide bonds. The SMILES string of the molecule is CC1CC(N)C(C2OC(CN)C(O)C(O)C2C)C(O)C1OC1OC(CO)C(O)C(N)C1O. The van der Waals surface area contributed by atoms with Crippen LogP contribution in [0.1, 0.15) is 20.3 Å². The van der Waals surface area contributed by atoms with Crippen molar-refractivity contribution in [3.05, 3.63) is 0 Å². The minimum atomic E-state index is -1.38. The van der Waals surface area contributed by atoms with Crippen LogP contribution in [0.5, 0.6) is 0 Å². The Morgan fingerprint density at radius 2 is 1.53 bits per heavy atom. The standard InChI is InChI=1S/C20H39N3O9/c1-6-3-8(22)11(19-7(2)13(25)15(27)9(4-21)30-19)16(28)18(6)32-20-17(29)12(23)14(26)10(5-24)31-20/h6-20,24-29H,3-5,21-23H2,1-2H3. The van der Waals surface area contributed by atoms with Gasteiger partial charge in [0, 0.05) is 24.4 Å². The third-order valence-corrected chi connectivity index (χ3v) is 7.39. The maximum Gasteiger partial charge on any atom is 0.186 e. The van der Waals surface area contributed by atoms with Crippen LogP contribution in [-0.2, 0) is 14.2 Å². The molecule has 2 aliphatic heterocycles. The monoisotopic (exact) mass is 465 g/mol. The second-order valence-electron chi connectivity index (χ2n) is 9.54. The lowest BCUT2D eigenvalue weighted by atomic mass is 9.68. The average Bonchev–Trinajstić information content (AvgIpc) is 2.76. The van der Waals surface area contributed by atoms with Crippen molar-refractivity contribution in [3.63, 3.8) is 0 Å². The van der Waals surface area contributed by atoms with Crippen LogP contribution in [0.3, 0.4) is 0 Å². The fourth-order valence-electron chi connectivity index (χ4n) is 5.33. The van der Waals surface area contributed by atoms with E-state index in [1.54, 1.807) is 6.92 Å². The van der Waals surface area contributed by atoms with Crippen LogP contribution in [0.4, 0.5) is 0 Å². The first kappa shape index (κ1) is 26.1. The second kappa shape index (κ2) is 10.4. The van der Waals surface area contributed by atoms with Gasteiger partial charge in [0.25, 0.3) is 0 Å². The Labute approximate surface area is 187 Å². The Hall–Kier alpha value is -0.480. The molecule has 188 valence electrons. The van der Waals surface area contributed by atoms with E-state index in [1.165, 1.54) is 0 Å². The summed E-state index contributed by atoms with van der Waals surface area (Å²) in [4.78, 5) is 0. The van der Waals surface area contributed by atoms with Crippen molar-refractivity contribution in [3.8, 4) is 0 Å². The minimum Gasteiger partial charge on any atom is -0.394 e. The molecule has 12 N–H and O–H groups in total. The minimum absolute atomic E-state index is 0.0132. The van der Waals surface area contributed by atoms with Gasteiger partial charge in [-0.25, -0.2) is 0 Å². The van der Waals surface area contributed by atoms with Gasteiger partial charge >= 0.3 is 0 Å². The van der Waals surface area contributed by atoms with Gasteiger partial charge in [-0.15, -0.1) is 0 Å². The number of aliphatic hydroxyl groups excluding tert-OH is 6. The highest BCUT2D eigenvalue weighted by Crippen LogP contribution is 2.40. The molecule has 2 saturated heterocycles. The Bertz CT molecular complexity index is 615. The van der Waals surface area contributed by atoms with E-state index in [-0.39, 0.29) is 12.5 Å². The maximum absolute atomic E-state index is 11.3. The van der Waals surface area contributed by atoms with E-state index in [0.29, 0.717) is 6.42 Å². The number of rotatable bonds is 5. The van der Waals surface area contributed by atoms with Crippen molar-refractivity contribution in [2.75, 3.05) is 13.2 Å². The molecule has 2 heterocycles. The molecule has 0 aromatic carbocycles. The van der Waals surface area contributed by atoms with E-state index in [9.17, 15) is 30.6 Å². The fraction of sp³-hybridized carbons (Fsp3) is 1.00. The predicted molar refractivity (Wildman–Crippen MR) is 111 cm³/mol. The topological polar surface area (TPSA) is 227 Å². The first-order valence-electron chi connectivity index (χ1n) is 11.2. The summed E-state index contributed by atoms with van der Waals surface area (Å²) < 4.78 is 17.4. The quantitative estimate of drug-likeness (QED) is 0.187. The van der Waals surface area contributed by atoms with Gasteiger partial charge in [0.2, 0.25) is 0 Å². The molecule has 3 aliphatic rings. The molecule has 32 heavy (non-hydrogen) atoms. The molecular weight excluding hydrogens is 426 g/mol. The van der Waals surface area contributed by atoms with E-state index in [2.05, 4.69) is 0 Å². The Morgan fingerprint density at radius 1 is 0.875 bits per heavy atom. The molecule has 0 aromatic heterocycles. The molecule has 0 spiro atoms. The maximum atomic E-state index is 11.3. The zero-order valence-corrected chi connectivity index (χ0v) is 18.4. The highest BCUT2D eigenvalue weighted by Gasteiger charge is 2.53. The van der Waals surface area contributed by atoms with Gasteiger partial charge in [0.1, 0.15) is 24.4 Å². The number of nitrogens with two attached hydrogens (primary N) is 3. The lowest BCUT2D eigenvalue weighted by Gasteiger charge is -2.52. The zero-order valence-electron chi connectivity index (χ0n) is 18.4. The van der Waals surface area contributed by atoms with E-state index >= 15 is 0 Å². The zero-order chi connectivity index (χ0) is 23.9. The largest absolute Gasteiger partial charge is 0.394 e. The third kappa shape index (κ3) is 4.69. The van der Waals surface area contributed by atoms with Gasteiger partial charge < -0.3 is 62.1 Å². The molecular formula is C20H39N3O9. The summed E-state index contributed by atoms with van der Waals surface area (Å²) in [5.74, 6) is -1.43. The highest BCUT2D eigenvalue weighted by atomic mass is 16.7. The summed E-state index contributed by atoms with van der Waals surface area (Å²) in [7, 11) is 0. The first-order valence-corrected chi connectivity index (χ1v) is 11.2. The van der Waals surface area contributed by atoms with Crippen molar-refractivity contribution in [2.24, 2.45) is 35.0 Å². The van der Waals surface area contributed by atoms with Crippen molar-refractivity contribution in [2.45, 2.75) is 93.6 Å². The van der Waals surface area contributed by atoms with Crippen molar-refractivity contribution >= 4 is 0 Å². The molecule has 3 fully saturated rings. The number of ether oxygens (including phenoxy) is 3. The van der Waals surface area contributed by atoms with Crippen molar-refractivity contribution in [1.29, 1.82) is 0 Å². The fourth-order valence-corrected chi connectivity index (χ4v) is 5.33. The average molecular weight is 466 g/mol. The van der Waals surface area contributed by atoms with Gasteiger partial charge in [-0.2, -0.15) is 0 Å². The van der Waals surface area contributed by atoms with Crippen LogP contribution in [-0.4, -0.2) is 117 Å². The third-order valence-electron chi connectivity index (χ3n) is 7.39. The molecule has 12 nitrogen and oxygen atoms in total. The van der Waals surface area contributed by atoms with Gasteiger partial charge in [0.15, 0.2) is 6.29 Å². The summed E-state index contributed by atoms with van der Waals surface area (Å²) in [6, 6.07) is -1.59. The summed E-state index contributed by atoms with van der Waals surface area (Å²) in [5.41, 5.74) is 17.9. The van der Waals surface area contributed by atoms with Crippen LogP contribution < -0.4 is 17.2 Å². The van der Waals surface area contributed by atoms with Gasteiger partial charge in [-0.3, -0.25) is 0 Å². The molecule has 1 aliphatic carbocycles. The summed E-state index contributed by atoms with van der Waals surface area (Å²) in [6.45, 7) is 3.01. The predicted octanol–water partition coefficient (Wildman–Crippen LogP) is -4.43. The number of hydrogen-bond donors (Lipinski definition) is 9. The van der Waals surface area contributed by atoms with Crippen LogP contribution in [0.15, 0.2) is 0 Å². The van der Waals surface area contributed by atoms with E-state index < -0.39 is 91.8 Å². The molecule has 1 saturated carbocycles. The first-order chi connectivity index (χ1) is 15.0. The van der Waals surface area contributed by atoms with Crippen LogP contribution in [0.2, 0.25) is 0 Å². The van der Waals surface area contributed by atoms with E-state index in [1.807, 2.05) is 6.92 Å². The van der Waals surface area contributed by atoms with E-state index in [0.717, 1.165) is 0 Å². The Morgan fingerprint density at radius 3 is 2.12 bits per heavy atom. The van der Waals surface area contributed by atoms with Crippen LogP contribution >= 0.6 is 0 Å². The normalized spacial score (nSPS) is 55.0. The molecule has 12 heteroatoms. The van der Waals surface area contributed by atoms with Crippen molar-refractivity contribution < 1.29 is 44.8 Å². The van der Waals surface area contributed by atoms with Crippen LogP contribution in [0.25, 0.3) is 0 Å².